The molecule has 0 spiro atoms. The van der Waals surface area contributed by atoms with E-state index in [1.165, 1.54) is 18.1 Å². The number of aryl methyl sites for hydroxylation is 2. The lowest BCUT2D eigenvalue weighted by atomic mass is 9.96. The van der Waals surface area contributed by atoms with Crippen molar-refractivity contribution in [1.82, 2.24) is 14.8 Å². The number of hydrogen-bond donors (Lipinski definition) is 1. The van der Waals surface area contributed by atoms with E-state index in [1.54, 1.807) is 23.5 Å². The topological polar surface area (TPSA) is 113 Å². The second-order valence-electron chi connectivity index (χ2n) is 8.60. The highest BCUT2D eigenvalue weighted by atomic mass is 32.1. The predicted octanol–water partition coefficient (Wildman–Crippen LogP) is 4.95. The Morgan fingerprint density at radius 3 is 2.50 bits per heavy atom. The van der Waals surface area contributed by atoms with Crippen molar-refractivity contribution >= 4 is 23.0 Å². The van der Waals surface area contributed by atoms with Gasteiger partial charge in [-0.3, -0.25) is 14.4 Å². The standard InChI is InChI=1S/C27H23N5O3S/c1-14-15(2)36-27-24(14)25(29-21(12-23(34)35-4)26-31-30-16(3)32(26)27)18-7-5-17(6-8-18)19-9-10-22(33)20(11-19)13-28/h5-11,21,33H,12H2,1-4H3/t21-/m0/s1. The molecule has 8 nitrogen and oxygen atoms in total. The molecule has 0 radical (unpaired) electrons. The lowest BCUT2D eigenvalue weighted by Gasteiger charge is -2.12. The zero-order valence-electron chi connectivity index (χ0n) is 20.2. The van der Waals surface area contributed by atoms with Crippen LogP contribution in [0.1, 0.15) is 51.2 Å². The van der Waals surface area contributed by atoms with Gasteiger partial charge in [-0.25, -0.2) is 0 Å². The van der Waals surface area contributed by atoms with E-state index in [9.17, 15) is 15.2 Å². The molecule has 0 aliphatic carbocycles. The lowest BCUT2D eigenvalue weighted by molar-refractivity contribution is -0.141. The van der Waals surface area contributed by atoms with Crippen molar-refractivity contribution < 1.29 is 14.6 Å². The number of phenols is 1. The first-order valence-corrected chi connectivity index (χ1v) is 12.1. The van der Waals surface area contributed by atoms with Gasteiger partial charge in [-0.15, -0.1) is 21.5 Å². The SMILES string of the molecule is COC(=O)C[C@@H]1N=C(c2ccc(-c3ccc(O)c(C#N)c3)cc2)c2c(sc(C)c2C)-n2c(C)nnc21. The van der Waals surface area contributed by atoms with Gasteiger partial charge in [0.1, 0.15) is 28.7 Å². The molecule has 1 aliphatic rings. The van der Waals surface area contributed by atoms with Crippen LogP contribution in [0.15, 0.2) is 47.5 Å². The largest absolute Gasteiger partial charge is 0.507 e. The van der Waals surface area contributed by atoms with E-state index in [0.717, 1.165) is 44.4 Å². The van der Waals surface area contributed by atoms with E-state index in [4.69, 9.17) is 9.73 Å². The number of carbonyl (C=O) groups excluding carboxylic acids is 1. The predicted molar refractivity (Wildman–Crippen MR) is 137 cm³/mol. The summed E-state index contributed by atoms with van der Waals surface area (Å²) in [7, 11) is 1.36. The molecule has 0 saturated heterocycles. The molecular weight excluding hydrogens is 474 g/mol. The van der Waals surface area contributed by atoms with Crippen molar-refractivity contribution in [2.75, 3.05) is 7.11 Å². The number of aromatic nitrogens is 3. The van der Waals surface area contributed by atoms with E-state index in [-0.39, 0.29) is 23.7 Å². The van der Waals surface area contributed by atoms with Crippen molar-refractivity contribution in [1.29, 1.82) is 5.26 Å². The molecule has 0 unspecified atom stereocenters. The van der Waals surface area contributed by atoms with Crippen LogP contribution in [0.3, 0.4) is 0 Å². The van der Waals surface area contributed by atoms with Crippen LogP contribution >= 0.6 is 11.3 Å². The molecular formula is C27H23N5O3S. The summed E-state index contributed by atoms with van der Waals surface area (Å²) in [5.41, 5.74) is 5.75. The van der Waals surface area contributed by atoms with Crippen LogP contribution in [0.25, 0.3) is 16.1 Å². The second kappa shape index (κ2) is 9.06. The van der Waals surface area contributed by atoms with Crippen molar-refractivity contribution in [2.24, 2.45) is 4.99 Å². The van der Waals surface area contributed by atoms with Gasteiger partial charge in [0.15, 0.2) is 5.82 Å². The minimum atomic E-state index is -0.553. The van der Waals surface area contributed by atoms with Gasteiger partial charge in [0.2, 0.25) is 0 Å². The number of aliphatic imine (C=N–C) groups is 1. The maximum atomic E-state index is 12.3. The van der Waals surface area contributed by atoms with Gasteiger partial charge in [0, 0.05) is 16.0 Å². The maximum Gasteiger partial charge on any atom is 0.308 e. The number of thiophene rings is 1. The Labute approximate surface area is 212 Å². The third-order valence-electron chi connectivity index (χ3n) is 6.44. The summed E-state index contributed by atoms with van der Waals surface area (Å²) in [4.78, 5) is 18.5. The number of benzene rings is 2. The number of hydrogen-bond acceptors (Lipinski definition) is 8. The fraction of sp³-hybridized carbons (Fsp3) is 0.222. The Morgan fingerprint density at radius 2 is 1.81 bits per heavy atom. The van der Waals surface area contributed by atoms with Crippen molar-refractivity contribution in [2.45, 2.75) is 33.2 Å². The summed E-state index contributed by atoms with van der Waals surface area (Å²) in [5.74, 6) is 0.930. The molecule has 1 N–H and O–H groups in total. The molecule has 2 aromatic carbocycles. The minimum absolute atomic E-state index is 0.0412. The molecule has 5 rings (SSSR count). The molecule has 0 saturated carbocycles. The first-order valence-electron chi connectivity index (χ1n) is 11.3. The Balaban J connectivity index is 1.66. The average molecular weight is 498 g/mol. The molecule has 36 heavy (non-hydrogen) atoms. The van der Waals surface area contributed by atoms with Gasteiger partial charge in [0.25, 0.3) is 0 Å². The summed E-state index contributed by atoms with van der Waals surface area (Å²) >= 11 is 1.65. The van der Waals surface area contributed by atoms with Gasteiger partial charge < -0.3 is 9.84 Å². The molecule has 180 valence electrons. The van der Waals surface area contributed by atoms with Gasteiger partial charge >= 0.3 is 5.97 Å². The summed E-state index contributed by atoms with van der Waals surface area (Å²) < 4.78 is 6.94. The molecule has 3 heterocycles. The van der Waals surface area contributed by atoms with E-state index in [2.05, 4.69) is 24.0 Å². The zero-order chi connectivity index (χ0) is 25.6. The minimum Gasteiger partial charge on any atom is -0.507 e. The van der Waals surface area contributed by atoms with Crippen LogP contribution in [0, 0.1) is 32.1 Å². The van der Waals surface area contributed by atoms with Crippen LogP contribution in [0.5, 0.6) is 5.75 Å². The Morgan fingerprint density at radius 1 is 1.11 bits per heavy atom. The molecule has 0 fully saturated rings. The quantitative estimate of drug-likeness (QED) is 0.399. The average Bonchev–Trinajstić information content (AvgIpc) is 3.36. The first kappa shape index (κ1) is 23.5. The zero-order valence-corrected chi connectivity index (χ0v) is 21.1. The van der Waals surface area contributed by atoms with Crippen LogP contribution < -0.4 is 0 Å². The van der Waals surface area contributed by atoms with Crippen LogP contribution in [0.2, 0.25) is 0 Å². The molecule has 0 bridgehead atoms. The highest BCUT2D eigenvalue weighted by molar-refractivity contribution is 7.15. The maximum absolute atomic E-state index is 12.3. The molecule has 1 atom stereocenters. The van der Waals surface area contributed by atoms with E-state index >= 15 is 0 Å². The Kier molecular flexibility index (Phi) is 5.90. The normalized spacial score (nSPS) is 14.3. The number of fused-ring (bicyclic) bond motifs is 3. The van der Waals surface area contributed by atoms with Gasteiger partial charge in [-0.2, -0.15) is 5.26 Å². The number of ether oxygens (including phenoxy) is 1. The first-order chi connectivity index (χ1) is 17.3. The number of phenolic OH excluding ortho intramolecular Hbond substituents is 1. The molecule has 1 aliphatic heterocycles. The lowest BCUT2D eigenvalue weighted by Crippen LogP contribution is -2.12. The van der Waals surface area contributed by atoms with Gasteiger partial charge in [-0.1, -0.05) is 30.3 Å². The summed E-state index contributed by atoms with van der Waals surface area (Å²) in [6.45, 7) is 6.06. The smallest absolute Gasteiger partial charge is 0.308 e. The second-order valence-corrected chi connectivity index (χ2v) is 9.80. The third-order valence-corrected chi connectivity index (χ3v) is 7.63. The number of carbonyl (C=O) groups is 1. The van der Waals surface area contributed by atoms with Gasteiger partial charge in [0.05, 0.1) is 24.8 Å². The van der Waals surface area contributed by atoms with E-state index in [0.29, 0.717) is 5.82 Å². The van der Waals surface area contributed by atoms with Crippen LogP contribution in [0.4, 0.5) is 0 Å². The number of methoxy groups -OCH3 is 1. The Hall–Kier alpha value is -4.29. The van der Waals surface area contributed by atoms with Crippen LogP contribution in [-0.2, 0) is 9.53 Å². The summed E-state index contributed by atoms with van der Waals surface area (Å²) in [6, 6.07) is 14.3. The monoisotopic (exact) mass is 497 g/mol. The van der Waals surface area contributed by atoms with Crippen molar-refractivity contribution in [3.8, 4) is 27.9 Å². The highest BCUT2D eigenvalue weighted by Crippen LogP contribution is 2.39. The number of aromatic hydroxyl groups is 1. The van der Waals surface area contributed by atoms with Crippen molar-refractivity contribution in [3.05, 3.63) is 81.2 Å². The number of nitrogens with zero attached hydrogens (tertiary/aromatic N) is 5. The van der Waals surface area contributed by atoms with E-state index < -0.39 is 6.04 Å². The number of rotatable bonds is 4. The molecule has 2 aromatic heterocycles. The summed E-state index contributed by atoms with van der Waals surface area (Å²) in [6.07, 6.45) is 0.0492. The molecule has 0 amide bonds. The molecule has 4 aromatic rings. The molecule has 9 heteroatoms. The number of esters is 1. The van der Waals surface area contributed by atoms with Gasteiger partial charge in [-0.05, 0) is 49.6 Å². The fourth-order valence-electron chi connectivity index (χ4n) is 4.39. The fourth-order valence-corrected chi connectivity index (χ4v) is 5.61. The van der Waals surface area contributed by atoms with Crippen LogP contribution in [-0.4, -0.2) is 38.7 Å². The van der Waals surface area contributed by atoms with Crippen molar-refractivity contribution in [3.63, 3.8) is 0 Å². The number of nitriles is 1. The van der Waals surface area contributed by atoms with E-state index in [1.807, 2.05) is 41.8 Å². The third kappa shape index (κ3) is 3.85. The summed E-state index contributed by atoms with van der Waals surface area (Å²) in [5, 5.41) is 28.8. The highest BCUT2D eigenvalue weighted by Gasteiger charge is 2.32. The Bertz CT molecular complexity index is 1570.